The number of aliphatic hydroxyl groups is 7. The fraction of sp³-hybridized carbons (Fsp3) is 0.805. The number of ether oxygens (including phenoxy) is 4. The van der Waals surface area contributed by atoms with E-state index in [1.54, 1.807) is 13.0 Å². The first kappa shape index (κ1) is 49.6. The lowest BCUT2D eigenvalue weighted by Gasteiger charge is -2.47. The fourth-order valence-corrected chi connectivity index (χ4v) is 8.05. The Kier molecular flexibility index (Phi) is 19.8. The summed E-state index contributed by atoms with van der Waals surface area (Å²) in [5.74, 6) is -1.22. The van der Waals surface area contributed by atoms with E-state index in [1.165, 1.54) is 44.6 Å². The molecule has 3 saturated heterocycles. The van der Waals surface area contributed by atoms with E-state index >= 15 is 0 Å². The van der Waals surface area contributed by atoms with Gasteiger partial charge in [0.15, 0.2) is 18.8 Å². The van der Waals surface area contributed by atoms with Crippen molar-refractivity contribution in [2.75, 3.05) is 6.61 Å². The molecule has 19 heteroatoms. The highest BCUT2D eigenvalue weighted by atomic mass is 16.8. The molecule has 16 atom stereocenters. The van der Waals surface area contributed by atoms with Gasteiger partial charge >= 0.3 is 5.69 Å². The molecule has 0 bridgehead atoms. The van der Waals surface area contributed by atoms with Crippen LogP contribution in [0.1, 0.15) is 111 Å². The van der Waals surface area contributed by atoms with Crippen LogP contribution < -0.4 is 21.9 Å². The quantitative estimate of drug-likeness (QED) is 0.0524. The number of allylic oxidation sites excluding steroid dienone is 1. The summed E-state index contributed by atoms with van der Waals surface area (Å²) in [5.41, 5.74) is -1.55. The normalized spacial score (nSPS) is 34.4. The van der Waals surface area contributed by atoms with E-state index in [2.05, 4.69) is 29.5 Å². The molecule has 3 aliphatic rings. The minimum atomic E-state index is -1.74. The van der Waals surface area contributed by atoms with Crippen LogP contribution in [0.25, 0.3) is 0 Å². The Hall–Kier alpha value is -3.08. The summed E-state index contributed by atoms with van der Waals surface area (Å²) >= 11 is 0. The van der Waals surface area contributed by atoms with Gasteiger partial charge in [0, 0.05) is 19.2 Å². The number of aromatic nitrogens is 2. The van der Waals surface area contributed by atoms with Crippen LogP contribution in [0.2, 0.25) is 0 Å². The maximum Gasteiger partial charge on any atom is 0.330 e. The molecule has 0 aliphatic carbocycles. The fourth-order valence-electron chi connectivity index (χ4n) is 8.05. The summed E-state index contributed by atoms with van der Waals surface area (Å²) in [4.78, 5) is 51.4. The Morgan fingerprint density at radius 1 is 0.817 bits per heavy atom. The second-order valence-corrected chi connectivity index (χ2v) is 16.7. The number of rotatable bonds is 22. The van der Waals surface area contributed by atoms with Crippen LogP contribution >= 0.6 is 0 Å². The van der Waals surface area contributed by atoms with E-state index in [4.69, 9.17) is 18.9 Å². The number of nitrogens with one attached hydrogen (secondary N) is 3. The van der Waals surface area contributed by atoms with Gasteiger partial charge in [-0.15, -0.1) is 0 Å². The van der Waals surface area contributed by atoms with Crippen molar-refractivity contribution in [2.45, 2.75) is 191 Å². The largest absolute Gasteiger partial charge is 0.394 e. The predicted molar refractivity (Wildman–Crippen MR) is 215 cm³/mol. The van der Waals surface area contributed by atoms with Crippen LogP contribution in [0.3, 0.4) is 0 Å². The summed E-state index contributed by atoms with van der Waals surface area (Å²) < 4.78 is 24.8. The first-order valence-electron chi connectivity index (χ1n) is 21.4. The third-order valence-corrected chi connectivity index (χ3v) is 11.9. The second-order valence-electron chi connectivity index (χ2n) is 16.7. The number of aromatic amines is 1. The molecule has 2 amide bonds. The van der Waals surface area contributed by atoms with Crippen LogP contribution in [-0.2, 0) is 28.5 Å². The molecule has 3 fully saturated rings. The Morgan fingerprint density at radius 2 is 1.40 bits per heavy atom. The molecule has 0 aromatic carbocycles. The Morgan fingerprint density at radius 3 is 2.00 bits per heavy atom. The van der Waals surface area contributed by atoms with Crippen molar-refractivity contribution in [3.63, 3.8) is 0 Å². The van der Waals surface area contributed by atoms with Gasteiger partial charge in [0.2, 0.25) is 11.8 Å². The predicted octanol–water partition coefficient (Wildman–Crippen LogP) is -0.423. The van der Waals surface area contributed by atoms with Crippen molar-refractivity contribution >= 4 is 11.8 Å². The highest BCUT2D eigenvalue weighted by Crippen LogP contribution is 2.37. The van der Waals surface area contributed by atoms with Crippen LogP contribution in [0, 0.1) is 11.8 Å². The van der Waals surface area contributed by atoms with Gasteiger partial charge in [0.1, 0.15) is 54.8 Å². The maximum atomic E-state index is 13.2. The van der Waals surface area contributed by atoms with Crippen molar-refractivity contribution in [1.29, 1.82) is 0 Å². The molecule has 60 heavy (non-hydrogen) atoms. The number of carbonyl (C=O) groups is 2. The number of hydrogen-bond donors (Lipinski definition) is 10. The topological polar surface area (TPSA) is 292 Å². The van der Waals surface area contributed by atoms with E-state index in [1.807, 2.05) is 0 Å². The molecule has 19 nitrogen and oxygen atoms in total. The van der Waals surface area contributed by atoms with E-state index < -0.39 is 121 Å². The van der Waals surface area contributed by atoms with E-state index in [0.717, 1.165) is 55.4 Å². The van der Waals surface area contributed by atoms with Crippen LogP contribution in [0.4, 0.5) is 0 Å². The number of aliphatic hydroxyl groups excluding tert-OH is 7. The Balaban J connectivity index is 1.42. The van der Waals surface area contributed by atoms with Crippen molar-refractivity contribution in [3.05, 3.63) is 45.3 Å². The number of unbranched alkanes of at least 4 members (excludes halogenated alkanes) is 8. The molecule has 0 spiro atoms. The first-order valence-corrected chi connectivity index (χ1v) is 21.4. The molecular formula is C41H68N4O15. The lowest BCUT2D eigenvalue weighted by atomic mass is 9.87. The van der Waals surface area contributed by atoms with Gasteiger partial charge in [-0.25, -0.2) is 4.79 Å². The number of hydrogen-bond acceptors (Lipinski definition) is 15. The summed E-state index contributed by atoms with van der Waals surface area (Å²) in [5, 5.41) is 80.9. The monoisotopic (exact) mass is 856 g/mol. The standard InChI is InChI=1S/C41H68N4O15/c1-5-22(2)16-14-12-10-8-6-7-9-11-13-15-17-27(48)43-30-34(53)31(50)25(57-40(30)60-39-29(42-24(4)47)33(52)32(51)26(21-46)58-39)20-23(3)37-35(54)36(55)38(59-37)45-19-18-28(49)44-41(45)56/h15,17-19,22-23,25-26,29-40,46,50-55H,5-14,16,20-21H2,1-4H3,(H,42,47)(H,43,48)(H,44,49,56)/b17-15+/t22?,23-,25-,26+,29-,30-,31+,32+,33-,34-,35+,36-,37-,38-,39+,40+/m1/s1. The van der Waals surface area contributed by atoms with Gasteiger partial charge in [0.25, 0.3) is 5.56 Å². The number of carbonyl (C=O) groups excluding carboxylic acids is 2. The molecule has 1 unspecified atom stereocenters. The number of nitrogens with zero attached hydrogens (tertiary/aromatic N) is 1. The molecule has 3 aliphatic heterocycles. The van der Waals surface area contributed by atoms with Crippen molar-refractivity contribution < 1.29 is 64.3 Å². The third-order valence-electron chi connectivity index (χ3n) is 11.9. The lowest BCUT2D eigenvalue weighted by Crippen LogP contribution is -2.68. The van der Waals surface area contributed by atoms with E-state index in [9.17, 15) is 54.9 Å². The molecule has 1 aromatic rings. The zero-order valence-corrected chi connectivity index (χ0v) is 35.1. The van der Waals surface area contributed by atoms with Gasteiger partial charge in [-0.2, -0.15) is 0 Å². The highest BCUT2D eigenvalue weighted by molar-refractivity contribution is 5.87. The van der Waals surface area contributed by atoms with Crippen LogP contribution in [-0.4, -0.2) is 143 Å². The molecule has 1 aromatic heterocycles. The average molecular weight is 857 g/mol. The van der Waals surface area contributed by atoms with Gasteiger partial charge < -0.3 is 65.3 Å². The summed E-state index contributed by atoms with van der Waals surface area (Å²) in [6.45, 7) is 6.53. The Labute approximate surface area is 350 Å². The van der Waals surface area contributed by atoms with E-state index in [0.29, 0.717) is 6.42 Å². The maximum absolute atomic E-state index is 13.2. The molecule has 342 valence electrons. The minimum absolute atomic E-state index is 0.153. The van der Waals surface area contributed by atoms with Gasteiger partial charge in [-0.05, 0) is 37.2 Å². The molecule has 4 heterocycles. The smallest absolute Gasteiger partial charge is 0.330 e. The zero-order chi connectivity index (χ0) is 44.1. The summed E-state index contributed by atoms with van der Waals surface area (Å²) in [6.07, 6.45) is -2.04. The minimum Gasteiger partial charge on any atom is -0.394 e. The third kappa shape index (κ3) is 13.5. The second kappa shape index (κ2) is 23.9. The van der Waals surface area contributed by atoms with Gasteiger partial charge in [0.05, 0.1) is 18.8 Å². The zero-order valence-electron chi connectivity index (χ0n) is 35.1. The van der Waals surface area contributed by atoms with Gasteiger partial charge in [-0.1, -0.05) is 84.6 Å². The van der Waals surface area contributed by atoms with Crippen molar-refractivity contribution in [1.82, 2.24) is 20.2 Å². The molecule has 0 saturated carbocycles. The van der Waals surface area contributed by atoms with Crippen LogP contribution in [0.15, 0.2) is 34.0 Å². The van der Waals surface area contributed by atoms with Crippen molar-refractivity contribution in [2.24, 2.45) is 11.8 Å². The Bertz CT molecular complexity index is 1630. The first-order chi connectivity index (χ1) is 28.6. The molecule has 0 radical (unpaired) electrons. The van der Waals surface area contributed by atoms with Crippen molar-refractivity contribution in [3.8, 4) is 0 Å². The van der Waals surface area contributed by atoms with Crippen LogP contribution in [0.5, 0.6) is 0 Å². The number of H-pyrrole nitrogens is 1. The van der Waals surface area contributed by atoms with Gasteiger partial charge in [-0.3, -0.25) is 23.9 Å². The molecule has 10 N–H and O–H groups in total. The summed E-state index contributed by atoms with van der Waals surface area (Å²) in [6, 6.07) is -1.82. The summed E-state index contributed by atoms with van der Waals surface area (Å²) in [7, 11) is 0. The SMILES string of the molecule is CCC(C)CCCCCCCCCC/C=C/C(=O)N[C@H]1[C@H](O[C@@H]2O[C@@H](CO)[C@H](O)[C@H](O)[C@H]2NC(C)=O)O[C@H](C[C@@H](C)[C@H]2O[C@@H](n3ccc(=O)[nH]c3=O)[C@H](O)[C@@H]2O)[C@H](O)[C@@H]1O. The highest BCUT2D eigenvalue weighted by Gasteiger charge is 2.53. The number of amides is 2. The molecular weight excluding hydrogens is 788 g/mol. The van der Waals surface area contributed by atoms with E-state index in [-0.39, 0.29) is 6.42 Å². The molecule has 4 rings (SSSR count). The lowest BCUT2D eigenvalue weighted by molar-refractivity contribution is -0.346. The average Bonchev–Trinajstić information content (AvgIpc) is 3.50.